The molecule has 1 amide bonds. The second-order valence-corrected chi connectivity index (χ2v) is 5.52. The Balaban J connectivity index is 2.47. The average Bonchev–Trinajstić information content (AvgIpc) is 2.36. The third-order valence-corrected chi connectivity index (χ3v) is 3.77. The first-order valence-corrected chi connectivity index (χ1v) is 6.72. The topological polar surface area (TPSA) is 44.4 Å². The SMILES string of the molecule is CCC(C)CNC(=O)C(C)(C)N1CCNCC1. The van der Waals surface area contributed by atoms with Gasteiger partial charge in [-0.05, 0) is 19.8 Å². The van der Waals surface area contributed by atoms with Crippen molar-refractivity contribution in [3.8, 4) is 0 Å². The molecule has 1 fully saturated rings. The Labute approximate surface area is 105 Å². The van der Waals surface area contributed by atoms with Gasteiger partial charge in [-0.3, -0.25) is 9.69 Å². The molecule has 0 aliphatic carbocycles. The number of carbonyl (C=O) groups is 1. The van der Waals surface area contributed by atoms with Crippen LogP contribution in [0.1, 0.15) is 34.1 Å². The molecule has 0 saturated carbocycles. The molecule has 4 nitrogen and oxygen atoms in total. The van der Waals surface area contributed by atoms with Gasteiger partial charge in [0.15, 0.2) is 0 Å². The lowest BCUT2D eigenvalue weighted by atomic mass is 10.00. The van der Waals surface area contributed by atoms with Gasteiger partial charge in [0.25, 0.3) is 0 Å². The predicted octanol–water partition coefficient (Wildman–Crippen LogP) is 0.833. The number of nitrogens with one attached hydrogen (secondary N) is 2. The van der Waals surface area contributed by atoms with Gasteiger partial charge in [-0.25, -0.2) is 0 Å². The van der Waals surface area contributed by atoms with Crippen LogP contribution in [0, 0.1) is 5.92 Å². The molecule has 1 aliphatic heterocycles. The summed E-state index contributed by atoms with van der Waals surface area (Å²) in [5.74, 6) is 0.706. The van der Waals surface area contributed by atoms with Gasteiger partial charge >= 0.3 is 0 Å². The molecule has 2 N–H and O–H groups in total. The summed E-state index contributed by atoms with van der Waals surface area (Å²) < 4.78 is 0. The Morgan fingerprint density at radius 1 is 1.41 bits per heavy atom. The van der Waals surface area contributed by atoms with Crippen molar-refractivity contribution in [2.24, 2.45) is 5.92 Å². The van der Waals surface area contributed by atoms with Gasteiger partial charge in [-0.2, -0.15) is 0 Å². The summed E-state index contributed by atoms with van der Waals surface area (Å²) in [6, 6.07) is 0. The second kappa shape index (κ2) is 6.36. The molecule has 0 spiro atoms. The zero-order valence-corrected chi connectivity index (χ0v) is 11.7. The first-order chi connectivity index (χ1) is 7.98. The normalized spacial score (nSPS) is 20.0. The molecule has 1 rings (SSSR count). The van der Waals surface area contributed by atoms with Crippen LogP contribution in [-0.4, -0.2) is 49.1 Å². The highest BCUT2D eigenvalue weighted by Crippen LogP contribution is 2.15. The highest BCUT2D eigenvalue weighted by atomic mass is 16.2. The Bertz CT molecular complexity index is 247. The van der Waals surface area contributed by atoms with Crippen LogP contribution >= 0.6 is 0 Å². The molecule has 1 unspecified atom stereocenters. The zero-order chi connectivity index (χ0) is 12.9. The summed E-state index contributed by atoms with van der Waals surface area (Å²) in [5, 5.41) is 6.38. The van der Waals surface area contributed by atoms with E-state index in [4.69, 9.17) is 0 Å². The molecule has 17 heavy (non-hydrogen) atoms. The minimum Gasteiger partial charge on any atom is -0.354 e. The van der Waals surface area contributed by atoms with E-state index >= 15 is 0 Å². The number of piperazine rings is 1. The molecule has 0 aromatic rings. The average molecular weight is 241 g/mol. The number of carbonyl (C=O) groups excluding carboxylic acids is 1. The van der Waals surface area contributed by atoms with Gasteiger partial charge in [0, 0.05) is 32.7 Å². The highest BCUT2D eigenvalue weighted by Gasteiger charge is 2.34. The quantitative estimate of drug-likeness (QED) is 0.749. The van der Waals surface area contributed by atoms with Crippen molar-refractivity contribution >= 4 is 5.91 Å². The molecular formula is C13H27N3O. The Kier molecular flexibility index (Phi) is 5.40. The van der Waals surface area contributed by atoms with Crippen molar-refractivity contribution in [1.82, 2.24) is 15.5 Å². The van der Waals surface area contributed by atoms with Crippen LogP contribution in [0.25, 0.3) is 0 Å². The van der Waals surface area contributed by atoms with Crippen molar-refractivity contribution in [3.63, 3.8) is 0 Å². The summed E-state index contributed by atoms with van der Waals surface area (Å²) in [5.41, 5.74) is -0.393. The van der Waals surface area contributed by atoms with Crippen molar-refractivity contribution in [1.29, 1.82) is 0 Å². The molecule has 1 saturated heterocycles. The third-order valence-electron chi connectivity index (χ3n) is 3.77. The zero-order valence-electron chi connectivity index (χ0n) is 11.7. The number of amides is 1. The van der Waals surface area contributed by atoms with E-state index in [9.17, 15) is 4.79 Å². The van der Waals surface area contributed by atoms with Gasteiger partial charge in [-0.1, -0.05) is 20.3 Å². The standard InChI is InChI=1S/C13H27N3O/c1-5-11(2)10-15-12(17)13(3,4)16-8-6-14-7-9-16/h11,14H,5-10H2,1-4H3,(H,15,17). The number of hydrogen-bond donors (Lipinski definition) is 2. The molecule has 100 valence electrons. The largest absolute Gasteiger partial charge is 0.354 e. The summed E-state index contributed by atoms with van der Waals surface area (Å²) in [4.78, 5) is 14.5. The van der Waals surface area contributed by atoms with Crippen molar-refractivity contribution < 1.29 is 4.79 Å². The van der Waals surface area contributed by atoms with Gasteiger partial charge in [0.05, 0.1) is 5.54 Å². The lowest BCUT2D eigenvalue weighted by Gasteiger charge is -2.40. The third kappa shape index (κ3) is 3.96. The van der Waals surface area contributed by atoms with Crippen LogP contribution in [-0.2, 0) is 4.79 Å². The number of nitrogens with zero attached hydrogens (tertiary/aromatic N) is 1. The van der Waals surface area contributed by atoms with Gasteiger partial charge in [0.1, 0.15) is 0 Å². The van der Waals surface area contributed by atoms with Crippen LogP contribution in [0.4, 0.5) is 0 Å². The minimum atomic E-state index is -0.393. The van der Waals surface area contributed by atoms with Crippen LogP contribution in [0.2, 0.25) is 0 Å². The fourth-order valence-corrected chi connectivity index (χ4v) is 2.00. The Hall–Kier alpha value is -0.610. The first kappa shape index (κ1) is 14.5. The van der Waals surface area contributed by atoms with Crippen LogP contribution in [0.15, 0.2) is 0 Å². The molecular weight excluding hydrogens is 214 g/mol. The summed E-state index contributed by atoms with van der Waals surface area (Å²) in [6.45, 7) is 13.0. The first-order valence-electron chi connectivity index (χ1n) is 6.72. The van der Waals surface area contributed by atoms with E-state index in [1.54, 1.807) is 0 Å². The molecule has 0 aromatic heterocycles. The molecule has 0 bridgehead atoms. The van der Waals surface area contributed by atoms with E-state index in [-0.39, 0.29) is 5.91 Å². The minimum absolute atomic E-state index is 0.153. The second-order valence-electron chi connectivity index (χ2n) is 5.52. The Morgan fingerprint density at radius 2 is 2.00 bits per heavy atom. The monoisotopic (exact) mass is 241 g/mol. The molecule has 1 aliphatic rings. The van der Waals surface area contributed by atoms with Crippen LogP contribution < -0.4 is 10.6 Å². The van der Waals surface area contributed by atoms with E-state index in [1.807, 2.05) is 13.8 Å². The maximum absolute atomic E-state index is 12.2. The maximum atomic E-state index is 12.2. The molecule has 4 heteroatoms. The Morgan fingerprint density at radius 3 is 2.53 bits per heavy atom. The fraction of sp³-hybridized carbons (Fsp3) is 0.923. The van der Waals surface area contributed by atoms with Gasteiger partial charge in [-0.15, -0.1) is 0 Å². The van der Waals surface area contributed by atoms with E-state index in [1.165, 1.54) is 0 Å². The number of hydrogen-bond acceptors (Lipinski definition) is 3. The summed E-state index contributed by atoms with van der Waals surface area (Å²) in [7, 11) is 0. The summed E-state index contributed by atoms with van der Waals surface area (Å²) >= 11 is 0. The van der Waals surface area contributed by atoms with Crippen molar-refractivity contribution in [2.45, 2.75) is 39.7 Å². The molecule has 1 heterocycles. The number of rotatable bonds is 5. The predicted molar refractivity (Wildman–Crippen MR) is 71.0 cm³/mol. The van der Waals surface area contributed by atoms with Crippen molar-refractivity contribution in [2.75, 3.05) is 32.7 Å². The molecule has 1 atom stereocenters. The lowest BCUT2D eigenvalue weighted by Crippen LogP contribution is -2.60. The van der Waals surface area contributed by atoms with Crippen LogP contribution in [0.3, 0.4) is 0 Å². The van der Waals surface area contributed by atoms with Crippen LogP contribution in [0.5, 0.6) is 0 Å². The molecule has 0 radical (unpaired) electrons. The van der Waals surface area contributed by atoms with Gasteiger partial charge in [0.2, 0.25) is 5.91 Å². The van der Waals surface area contributed by atoms with E-state index in [0.29, 0.717) is 5.92 Å². The summed E-state index contributed by atoms with van der Waals surface area (Å²) in [6.07, 6.45) is 1.11. The van der Waals surface area contributed by atoms with Gasteiger partial charge < -0.3 is 10.6 Å². The molecule has 0 aromatic carbocycles. The van der Waals surface area contributed by atoms with E-state index in [0.717, 1.165) is 39.1 Å². The lowest BCUT2D eigenvalue weighted by molar-refractivity contribution is -0.132. The maximum Gasteiger partial charge on any atom is 0.239 e. The fourth-order valence-electron chi connectivity index (χ4n) is 2.00. The smallest absolute Gasteiger partial charge is 0.239 e. The van der Waals surface area contributed by atoms with E-state index in [2.05, 4.69) is 29.4 Å². The van der Waals surface area contributed by atoms with E-state index < -0.39 is 5.54 Å². The van der Waals surface area contributed by atoms with Crippen molar-refractivity contribution in [3.05, 3.63) is 0 Å². The highest BCUT2D eigenvalue weighted by molar-refractivity contribution is 5.85.